The van der Waals surface area contributed by atoms with Crippen LogP contribution in [0.4, 0.5) is 0 Å². The maximum absolute atomic E-state index is 5.03. The van der Waals surface area contributed by atoms with E-state index < -0.39 is 0 Å². The Morgan fingerprint density at radius 2 is 2.10 bits per heavy atom. The second kappa shape index (κ2) is 7.99. The summed E-state index contributed by atoms with van der Waals surface area (Å²) in [5.74, 6) is 0. The number of rotatable bonds is 7. The van der Waals surface area contributed by atoms with E-state index in [0.29, 0.717) is 0 Å². The lowest BCUT2D eigenvalue weighted by molar-refractivity contribution is 0.199. The van der Waals surface area contributed by atoms with Gasteiger partial charge in [-0.2, -0.15) is 0 Å². The maximum atomic E-state index is 5.03. The van der Waals surface area contributed by atoms with Gasteiger partial charge >= 0.3 is 0 Å². The number of hydrogen-bond acceptors (Lipinski definition) is 5. The molecule has 0 amide bonds. The zero-order chi connectivity index (χ0) is 14.2. The van der Waals surface area contributed by atoms with Crippen LogP contribution in [0.1, 0.15) is 11.3 Å². The molecule has 0 aliphatic carbocycles. The van der Waals surface area contributed by atoms with Crippen molar-refractivity contribution in [2.75, 3.05) is 20.3 Å². The normalized spacial score (nSPS) is 10.7. The predicted octanol–water partition coefficient (Wildman–Crippen LogP) is 2.67. The maximum Gasteiger partial charge on any atom is 0.192 e. The molecule has 4 nitrogen and oxygen atoms in total. The number of aromatic nitrogens is 2. The van der Waals surface area contributed by atoms with Crippen molar-refractivity contribution >= 4 is 11.8 Å². The summed E-state index contributed by atoms with van der Waals surface area (Å²) in [5, 5.41) is 4.15. The number of methoxy groups -OCH3 is 1. The number of nitrogens with zero attached hydrogens (tertiary/aromatic N) is 2. The first-order valence-corrected chi connectivity index (χ1v) is 7.36. The summed E-state index contributed by atoms with van der Waals surface area (Å²) < 4.78 is 5.03. The van der Waals surface area contributed by atoms with Crippen LogP contribution in [-0.4, -0.2) is 30.2 Å². The van der Waals surface area contributed by atoms with Gasteiger partial charge in [-0.15, -0.1) is 0 Å². The fourth-order valence-corrected chi connectivity index (χ4v) is 2.64. The lowest BCUT2D eigenvalue weighted by Gasteiger charge is -2.09. The van der Waals surface area contributed by atoms with Gasteiger partial charge in [-0.25, -0.2) is 9.97 Å². The molecule has 20 heavy (non-hydrogen) atoms. The van der Waals surface area contributed by atoms with Gasteiger partial charge in [-0.3, -0.25) is 0 Å². The van der Waals surface area contributed by atoms with E-state index in [-0.39, 0.29) is 0 Å². The number of hydrogen-bond donors (Lipinski definition) is 1. The van der Waals surface area contributed by atoms with Crippen molar-refractivity contribution in [3.63, 3.8) is 0 Å². The van der Waals surface area contributed by atoms with Crippen LogP contribution in [-0.2, 0) is 11.3 Å². The second-order valence-electron chi connectivity index (χ2n) is 4.36. The Kier molecular flexibility index (Phi) is 5.98. The average molecular weight is 289 g/mol. The fraction of sp³-hybridized carbons (Fsp3) is 0.333. The predicted molar refractivity (Wildman–Crippen MR) is 80.9 cm³/mol. The number of ether oxygens (including phenoxy) is 1. The molecule has 0 atom stereocenters. The van der Waals surface area contributed by atoms with Gasteiger partial charge in [0.15, 0.2) is 5.16 Å². The minimum Gasteiger partial charge on any atom is -0.383 e. The van der Waals surface area contributed by atoms with Crippen LogP contribution in [0.15, 0.2) is 46.6 Å². The summed E-state index contributed by atoms with van der Waals surface area (Å²) in [5.41, 5.74) is 2.23. The van der Waals surface area contributed by atoms with Gasteiger partial charge in [0.2, 0.25) is 0 Å². The van der Waals surface area contributed by atoms with E-state index in [2.05, 4.69) is 33.5 Å². The van der Waals surface area contributed by atoms with Gasteiger partial charge in [0, 0.05) is 37.0 Å². The van der Waals surface area contributed by atoms with Crippen LogP contribution in [0.2, 0.25) is 0 Å². The van der Waals surface area contributed by atoms with E-state index in [0.717, 1.165) is 30.5 Å². The number of aryl methyl sites for hydroxylation is 1. The molecule has 5 heteroatoms. The molecule has 0 radical (unpaired) electrons. The Hall–Kier alpha value is -1.43. The standard InChI is InChI=1S/C15H19N3OS/c1-12-7-8-17-15(18-12)20-14-6-4-3-5-13(14)11-16-9-10-19-2/h3-8,16H,9-11H2,1-2H3. The Labute approximate surface area is 124 Å². The highest BCUT2D eigenvalue weighted by Crippen LogP contribution is 2.27. The molecule has 0 unspecified atom stereocenters. The Morgan fingerprint density at radius 1 is 1.25 bits per heavy atom. The van der Waals surface area contributed by atoms with Gasteiger partial charge in [-0.05, 0) is 36.4 Å². The molecule has 0 spiro atoms. The molecule has 0 aliphatic heterocycles. The largest absolute Gasteiger partial charge is 0.383 e. The topological polar surface area (TPSA) is 47.0 Å². The average Bonchev–Trinajstić information content (AvgIpc) is 2.45. The van der Waals surface area contributed by atoms with Gasteiger partial charge in [0.25, 0.3) is 0 Å². The fourth-order valence-electron chi connectivity index (χ4n) is 1.72. The first-order chi connectivity index (χ1) is 9.79. The van der Waals surface area contributed by atoms with Crippen LogP contribution in [0.25, 0.3) is 0 Å². The van der Waals surface area contributed by atoms with Crippen molar-refractivity contribution in [3.05, 3.63) is 47.8 Å². The van der Waals surface area contributed by atoms with Gasteiger partial charge in [0.05, 0.1) is 6.61 Å². The molecular formula is C15H19N3OS. The van der Waals surface area contributed by atoms with E-state index in [1.54, 1.807) is 25.1 Å². The Morgan fingerprint density at radius 3 is 2.90 bits per heavy atom. The molecule has 0 saturated heterocycles. The van der Waals surface area contributed by atoms with Crippen LogP contribution < -0.4 is 5.32 Å². The molecule has 0 saturated carbocycles. The van der Waals surface area contributed by atoms with Crippen LogP contribution in [0.5, 0.6) is 0 Å². The van der Waals surface area contributed by atoms with E-state index in [9.17, 15) is 0 Å². The quantitative estimate of drug-likeness (QED) is 0.627. The monoisotopic (exact) mass is 289 g/mol. The van der Waals surface area contributed by atoms with Crippen molar-refractivity contribution < 1.29 is 4.74 Å². The summed E-state index contributed by atoms with van der Waals surface area (Å²) in [7, 11) is 1.71. The summed E-state index contributed by atoms with van der Waals surface area (Å²) >= 11 is 1.60. The third-order valence-corrected chi connectivity index (χ3v) is 3.74. The van der Waals surface area contributed by atoms with E-state index in [1.807, 2.05) is 19.1 Å². The highest BCUT2D eigenvalue weighted by atomic mass is 32.2. The molecule has 1 heterocycles. The summed E-state index contributed by atoms with van der Waals surface area (Å²) in [6.07, 6.45) is 1.80. The third kappa shape index (κ3) is 4.59. The van der Waals surface area contributed by atoms with Gasteiger partial charge in [0.1, 0.15) is 0 Å². The molecule has 1 N–H and O–H groups in total. The molecule has 0 fully saturated rings. The second-order valence-corrected chi connectivity index (χ2v) is 5.37. The van der Waals surface area contributed by atoms with Crippen LogP contribution in [0, 0.1) is 6.92 Å². The Balaban J connectivity index is 2.03. The Bertz CT molecular complexity index is 548. The van der Waals surface area contributed by atoms with Crippen molar-refractivity contribution in [2.24, 2.45) is 0 Å². The minimum atomic E-state index is 0.719. The smallest absolute Gasteiger partial charge is 0.192 e. The SMILES string of the molecule is COCCNCc1ccccc1Sc1nccc(C)n1. The summed E-state index contributed by atoms with van der Waals surface area (Å²) in [6, 6.07) is 10.2. The summed E-state index contributed by atoms with van der Waals surface area (Å²) in [6.45, 7) is 4.36. The van der Waals surface area contributed by atoms with Gasteiger partial charge < -0.3 is 10.1 Å². The molecule has 2 rings (SSSR count). The van der Waals surface area contributed by atoms with Crippen LogP contribution >= 0.6 is 11.8 Å². The van der Waals surface area contributed by atoms with Crippen LogP contribution in [0.3, 0.4) is 0 Å². The molecule has 1 aromatic heterocycles. The highest BCUT2D eigenvalue weighted by Gasteiger charge is 2.05. The van der Waals surface area contributed by atoms with Crippen molar-refractivity contribution in [3.8, 4) is 0 Å². The molecular weight excluding hydrogens is 270 g/mol. The first kappa shape index (κ1) is 15.0. The highest BCUT2D eigenvalue weighted by molar-refractivity contribution is 7.99. The molecule has 106 valence electrons. The first-order valence-electron chi connectivity index (χ1n) is 6.54. The minimum absolute atomic E-state index is 0.719. The number of nitrogens with one attached hydrogen (secondary N) is 1. The lowest BCUT2D eigenvalue weighted by atomic mass is 10.2. The molecule has 1 aromatic carbocycles. The third-order valence-electron chi connectivity index (χ3n) is 2.74. The lowest BCUT2D eigenvalue weighted by Crippen LogP contribution is -2.18. The zero-order valence-electron chi connectivity index (χ0n) is 11.8. The van der Waals surface area contributed by atoms with Gasteiger partial charge in [-0.1, -0.05) is 18.2 Å². The zero-order valence-corrected chi connectivity index (χ0v) is 12.6. The molecule has 0 aliphatic rings. The van der Waals surface area contributed by atoms with Crippen molar-refractivity contribution in [1.82, 2.24) is 15.3 Å². The van der Waals surface area contributed by atoms with E-state index >= 15 is 0 Å². The van der Waals surface area contributed by atoms with E-state index in [4.69, 9.17) is 4.74 Å². The molecule has 0 bridgehead atoms. The summed E-state index contributed by atoms with van der Waals surface area (Å²) in [4.78, 5) is 9.91. The number of benzene rings is 1. The van der Waals surface area contributed by atoms with Crippen molar-refractivity contribution in [2.45, 2.75) is 23.5 Å². The molecule has 2 aromatic rings. The van der Waals surface area contributed by atoms with Crippen molar-refractivity contribution in [1.29, 1.82) is 0 Å². The van der Waals surface area contributed by atoms with E-state index in [1.165, 1.54) is 10.5 Å².